The number of aromatic nitrogens is 1. The minimum atomic E-state index is -0.395. The van der Waals surface area contributed by atoms with Crippen LogP contribution in [0.25, 0.3) is 0 Å². The molecular weight excluding hydrogens is 271 g/mol. The molecule has 21 heavy (non-hydrogen) atoms. The lowest BCUT2D eigenvalue weighted by molar-refractivity contribution is 0.0600. The van der Waals surface area contributed by atoms with E-state index in [0.29, 0.717) is 18.7 Å². The van der Waals surface area contributed by atoms with Crippen molar-refractivity contribution >= 4 is 5.97 Å². The fourth-order valence-electron chi connectivity index (χ4n) is 1.99. The molecule has 0 aliphatic carbocycles. The van der Waals surface area contributed by atoms with Crippen LogP contribution >= 0.6 is 0 Å². The van der Waals surface area contributed by atoms with E-state index in [-0.39, 0.29) is 5.82 Å². The maximum atomic E-state index is 12.8. The lowest BCUT2D eigenvalue weighted by Gasteiger charge is -2.16. The molecule has 0 amide bonds. The summed E-state index contributed by atoms with van der Waals surface area (Å²) in [7, 11) is 3.30. The highest BCUT2D eigenvalue weighted by Crippen LogP contribution is 2.09. The first-order chi connectivity index (χ1) is 10.1. The molecule has 0 aliphatic rings. The molecule has 0 fully saturated rings. The summed E-state index contributed by atoms with van der Waals surface area (Å²) < 4.78 is 17.5. The molecular formula is C16H17FN2O2. The number of hydrogen-bond acceptors (Lipinski definition) is 4. The van der Waals surface area contributed by atoms with Gasteiger partial charge in [0.25, 0.3) is 0 Å². The maximum Gasteiger partial charge on any atom is 0.339 e. The normalized spacial score (nSPS) is 10.7. The van der Waals surface area contributed by atoms with Crippen molar-refractivity contribution in [1.29, 1.82) is 0 Å². The third kappa shape index (κ3) is 4.36. The number of carbonyl (C=O) groups is 1. The number of pyridine rings is 1. The van der Waals surface area contributed by atoms with Gasteiger partial charge in [0, 0.05) is 19.3 Å². The van der Waals surface area contributed by atoms with Gasteiger partial charge < -0.3 is 4.74 Å². The van der Waals surface area contributed by atoms with Crippen LogP contribution in [0.1, 0.15) is 21.6 Å². The number of carbonyl (C=O) groups excluding carboxylic acids is 1. The Morgan fingerprint density at radius 2 is 1.90 bits per heavy atom. The van der Waals surface area contributed by atoms with Gasteiger partial charge >= 0.3 is 5.97 Å². The molecule has 4 nitrogen and oxygen atoms in total. The second-order valence-electron chi connectivity index (χ2n) is 4.83. The number of esters is 1. The molecule has 1 aromatic heterocycles. The minimum absolute atomic E-state index is 0.235. The number of rotatable bonds is 5. The highest BCUT2D eigenvalue weighted by atomic mass is 19.1. The number of hydrogen-bond donors (Lipinski definition) is 0. The first-order valence-electron chi connectivity index (χ1n) is 6.54. The molecule has 0 aliphatic heterocycles. The van der Waals surface area contributed by atoms with Crippen LogP contribution in [-0.2, 0) is 17.8 Å². The smallest absolute Gasteiger partial charge is 0.339 e. The number of benzene rings is 1. The van der Waals surface area contributed by atoms with E-state index in [0.717, 1.165) is 11.3 Å². The van der Waals surface area contributed by atoms with E-state index in [1.165, 1.54) is 25.4 Å². The van der Waals surface area contributed by atoms with Crippen LogP contribution in [0, 0.1) is 5.82 Å². The van der Waals surface area contributed by atoms with E-state index in [1.807, 2.05) is 7.05 Å². The molecule has 0 saturated carbocycles. The van der Waals surface area contributed by atoms with Crippen molar-refractivity contribution in [2.75, 3.05) is 14.2 Å². The first kappa shape index (κ1) is 15.1. The summed E-state index contributed by atoms with van der Waals surface area (Å²) in [6.45, 7) is 1.33. The summed E-state index contributed by atoms with van der Waals surface area (Å²) in [5, 5.41) is 0. The Morgan fingerprint density at radius 1 is 1.19 bits per heavy atom. The zero-order chi connectivity index (χ0) is 15.2. The SMILES string of the molecule is COC(=O)c1ccc(CN(C)Cc2ccc(F)cc2)nc1. The molecule has 0 unspecified atom stereocenters. The van der Waals surface area contributed by atoms with Gasteiger partial charge in [-0.2, -0.15) is 0 Å². The van der Waals surface area contributed by atoms with Crippen molar-refractivity contribution in [3.8, 4) is 0 Å². The minimum Gasteiger partial charge on any atom is -0.465 e. The van der Waals surface area contributed by atoms with Gasteiger partial charge in [0.1, 0.15) is 5.82 Å². The van der Waals surface area contributed by atoms with Crippen LogP contribution in [0.15, 0.2) is 42.6 Å². The number of halogens is 1. The molecule has 110 valence electrons. The molecule has 0 spiro atoms. The molecule has 0 bridgehead atoms. The molecule has 0 N–H and O–H groups in total. The predicted octanol–water partition coefficient (Wildman–Crippen LogP) is 2.64. The zero-order valence-electron chi connectivity index (χ0n) is 12.0. The van der Waals surface area contributed by atoms with Gasteiger partial charge in [-0.3, -0.25) is 9.88 Å². The van der Waals surface area contributed by atoms with Crippen molar-refractivity contribution in [1.82, 2.24) is 9.88 Å². The summed E-state index contributed by atoms with van der Waals surface area (Å²) in [6.07, 6.45) is 1.51. The number of nitrogens with zero attached hydrogens (tertiary/aromatic N) is 2. The van der Waals surface area contributed by atoms with Gasteiger partial charge in [0.05, 0.1) is 18.4 Å². The van der Waals surface area contributed by atoms with Gasteiger partial charge in [0.2, 0.25) is 0 Å². The Balaban J connectivity index is 1.94. The largest absolute Gasteiger partial charge is 0.465 e. The third-order valence-electron chi connectivity index (χ3n) is 3.04. The number of ether oxygens (including phenoxy) is 1. The molecule has 5 heteroatoms. The maximum absolute atomic E-state index is 12.8. The van der Waals surface area contributed by atoms with Crippen LogP contribution in [0.5, 0.6) is 0 Å². The van der Waals surface area contributed by atoms with Crippen LogP contribution < -0.4 is 0 Å². The monoisotopic (exact) mass is 288 g/mol. The van der Waals surface area contributed by atoms with E-state index in [2.05, 4.69) is 14.6 Å². The van der Waals surface area contributed by atoms with Crippen molar-refractivity contribution in [2.24, 2.45) is 0 Å². The lowest BCUT2D eigenvalue weighted by Crippen LogP contribution is -2.18. The topological polar surface area (TPSA) is 42.4 Å². The van der Waals surface area contributed by atoms with E-state index in [4.69, 9.17) is 0 Å². The summed E-state index contributed by atoms with van der Waals surface area (Å²) >= 11 is 0. The Kier molecular flexibility index (Phi) is 5.00. The van der Waals surface area contributed by atoms with Crippen molar-refractivity contribution in [3.05, 3.63) is 65.2 Å². The average Bonchev–Trinajstić information content (AvgIpc) is 2.49. The molecule has 2 aromatic rings. The van der Waals surface area contributed by atoms with E-state index in [9.17, 15) is 9.18 Å². The van der Waals surface area contributed by atoms with Gasteiger partial charge in [-0.25, -0.2) is 9.18 Å². The van der Waals surface area contributed by atoms with Gasteiger partial charge in [0.15, 0.2) is 0 Å². The highest BCUT2D eigenvalue weighted by molar-refractivity contribution is 5.88. The van der Waals surface area contributed by atoms with E-state index >= 15 is 0 Å². The fraction of sp³-hybridized carbons (Fsp3) is 0.250. The second-order valence-corrected chi connectivity index (χ2v) is 4.83. The van der Waals surface area contributed by atoms with Crippen molar-refractivity contribution in [3.63, 3.8) is 0 Å². The van der Waals surface area contributed by atoms with Gasteiger partial charge in [-0.05, 0) is 36.9 Å². The Hall–Kier alpha value is -2.27. The summed E-state index contributed by atoms with van der Waals surface area (Å²) in [6, 6.07) is 9.92. The Morgan fingerprint density at radius 3 is 2.48 bits per heavy atom. The third-order valence-corrected chi connectivity index (χ3v) is 3.04. The fourth-order valence-corrected chi connectivity index (χ4v) is 1.99. The van der Waals surface area contributed by atoms with Crippen molar-refractivity contribution < 1.29 is 13.9 Å². The lowest BCUT2D eigenvalue weighted by atomic mass is 10.2. The second kappa shape index (κ2) is 6.95. The predicted molar refractivity (Wildman–Crippen MR) is 77.1 cm³/mol. The molecule has 2 rings (SSSR count). The molecule has 0 atom stereocenters. The standard InChI is InChI=1S/C16H17FN2O2/c1-19(10-12-3-6-14(17)7-4-12)11-15-8-5-13(9-18-15)16(20)21-2/h3-9H,10-11H2,1-2H3. The van der Waals surface area contributed by atoms with Crippen LogP contribution in [0.4, 0.5) is 4.39 Å². The molecule has 0 radical (unpaired) electrons. The number of methoxy groups -OCH3 is 1. The average molecular weight is 288 g/mol. The highest BCUT2D eigenvalue weighted by Gasteiger charge is 2.07. The van der Waals surface area contributed by atoms with Crippen LogP contribution in [0.3, 0.4) is 0 Å². The van der Waals surface area contributed by atoms with E-state index in [1.54, 1.807) is 24.3 Å². The summed E-state index contributed by atoms with van der Waals surface area (Å²) in [5.41, 5.74) is 2.32. The Bertz CT molecular complexity index is 597. The summed E-state index contributed by atoms with van der Waals surface area (Å²) in [4.78, 5) is 17.6. The van der Waals surface area contributed by atoms with Gasteiger partial charge in [-0.15, -0.1) is 0 Å². The van der Waals surface area contributed by atoms with Crippen LogP contribution in [0.2, 0.25) is 0 Å². The summed E-state index contributed by atoms with van der Waals surface area (Å²) in [5.74, 6) is -0.629. The van der Waals surface area contributed by atoms with E-state index < -0.39 is 5.97 Å². The first-order valence-corrected chi connectivity index (χ1v) is 6.54. The molecule has 1 heterocycles. The quantitative estimate of drug-likeness (QED) is 0.793. The molecule has 0 saturated heterocycles. The molecule has 1 aromatic carbocycles. The van der Waals surface area contributed by atoms with Crippen molar-refractivity contribution in [2.45, 2.75) is 13.1 Å². The Labute approximate surface area is 123 Å². The van der Waals surface area contributed by atoms with Gasteiger partial charge in [-0.1, -0.05) is 12.1 Å². The zero-order valence-corrected chi connectivity index (χ0v) is 12.0. The van der Waals surface area contributed by atoms with Crippen LogP contribution in [-0.4, -0.2) is 30.0 Å².